The number of phenolic OH excluding ortho intramolecular Hbond substituents is 1. The van der Waals surface area contributed by atoms with Crippen LogP contribution in [0.15, 0.2) is 24.3 Å². The zero-order valence-electron chi connectivity index (χ0n) is 15.6. The van der Waals surface area contributed by atoms with E-state index in [4.69, 9.17) is 18.9 Å². The molecule has 1 N–H and O–H groups in total. The van der Waals surface area contributed by atoms with Crippen molar-refractivity contribution >= 4 is 5.97 Å². The van der Waals surface area contributed by atoms with Crippen LogP contribution in [0, 0.1) is 11.8 Å². The number of benzene rings is 2. The fourth-order valence-electron chi connectivity index (χ4n) is 4.11. The number of phenols is 1. The largest absolute Gasteiger partial charge is 0.504 e. The minimum absolute atomic E-state index is 0.0572. The van der Waals surface area contributed by atoms with Crippen LogP contribution in [-0.2, 0) is 22.4 Å². The van der Waals surface area contributed by atoms with Crippen molar-refractivity contribution in [1.82, 2.24) is 0 Å². The summed E-state index contributed by atoms with van der Waals surface area (Å²) >= 11 is 0. The van der Waals surface area contributed by atoms with E-state index in [1.54, 1.807) is 20.3 Å². The fourth-order valence-corrected chi connectivity index (χ4v) is 4.11. The van der Waals surface area contributed by atoms with E-state index in [1.165, 1.54) is 7.11 Å². The molecule has 1 saturated heterocycles. The first-order valence-corrected chi connectivity index (χ1v) is 8.87. The molecular formula is C21H22O6. The lowest BCUT2D eigenvalue weighted by molar-refractivity contribution is -0.141. The first kappa shape index (κ1) is 17.5. The number of fused-ring (bicyclic) bond motifs is 4. The summed E-state index contributed by atoms with van der Waals surface area (Å²) in [6.45, 7) is 0.411. The lowest BCUT2D eigenvalue weighted by Crippen LogP contribution is -2.23. The maximum atomic E-state index is 12.3. The number of hydrogen-bond donors (Lipinski definition) is 1. The van der Waals surface area contributed by atoms with Crippen molar-refractivity contribution in [3.8, 4) is 34.1 Å². The standard InChI is InChI=1S/C21H22O6/c1-24-18-8-14-12(6-17(18)22)5-16-13(10-27-21(16)23)4-11-7-19(25-2)20(26-3)9-15(11)14/h6-9,13,16,22H,4-5,10H2,1-3H3/t13-,16+/m1/s1. The van der Waals surface area contributed by atoms with E-state index >= 15 is 0 Å². The topological polar surface area (TPSA) is 74.2 Å². The summed E-state index contributed by atoms with van der Waals surface area (Å²) in [5.41, 5.74) is 3.84. The van der Waals surface area contributed by atoms with Gasteiger partial charge in [-0.05, 0) is 59.4 Å². The Balaban J connectivity index is 1.97. The molecule has 0 spiro atoms. The van der Waals surface area contributed by atoms with Gasteiger partial charge in [-0.15, -0.1) is 0 Å². The second-order valence-corrected chi connectivity index (χ2v) is 6.95. The highest BCUT2D eigenvalue weighted by atomic mass is 16.5. The Morgan fingerprint density at radius 1 is 0.889 bits per heavy atom. The smallest absolute Gasteiger partial charge is 0.309 e. The van der Waals surface area contributed by atoms with E-state index in [0.29, 0.717) is 36.7 Å². The monoisotopic (exact) mass is 370 g/mol. The third kappa shape index (κ3) is 2.85. The van der Waals surface area contributed by atoms with E-state index in [2.05, 4.69) is 0 Å². The molecule has 2 aromatic rings. The van der Waals surface area contributed by atoms with Crippen molar-refractivity contribution in [1.29, 1.82) is 0 Å². The van der Waals surface area contributed by atoms with Gasteiger partial charge in [-0.1, -0.05) is 0 Å². The molecule has 6 nitrogen and oxygen atoms in total. The predicted molar refractivity (Wildman–Crippen MR) is 98.5 cm³/mol. The maximum absolute atomic E-state index is 12.3. The van der Waals surface area contributed by atoms with Gasteiger partial charge in [0.2, 0.25) is 0 Å². The Morgan fingerprint density at radius 3 is 2.15 bits per heavy atom. The molecule has 0 unspecified atom stereocenters. The lowest BCUT2D eigenvalue weighted by atomic mass is 9.78. The van der Waals surface area contributed by atoms with Crippen molar-refractivity contribution in [2.45, 2.75) is 12.8 Å². The molecule has 142 valence electrons. The molecule has 0 amide bonds. The van der Waals surface area contributed by atoms with E-state index < -0.39 is 0 Å². The molecule has 1 aliphatic heterocycles. The van der Waals surface area contributed by atoms with Gasteiger partial charge in [0, 0.05) is 5.92 Å². The molecule has 1 aliphatic carbocycles. The van der Waals surface area contributed by atoms with Gasteiger partial charge in [-0.2, -0.15) is 0 Å². The number of hydrogen-bond acceptors (Lipinski definition) is 6. The molecular weight excluding hydrogens is 348 g/mol. The molecule has 27 heavy (non-hydrogen) atoms. The highest BCUT2D eigenvalue weighted by Crippen LogP contribution is 2.45. The van der Waals surface area contributed by atoms with Crippen LogP contribution < -0.4 is 14.2 Å². The number of cyclic esters (lactones) is 1. The van der Waals surface area contributed by atoms with Crippen molar-refractivity contribution < 1.29 is 28.8 Å². The van der Waals surface area contributed by atoms with E-state index in [0.717, 1.165) is 22.3 Å². The molecule has 0 aromatic heterocycles. The molecule has 4 rings (SSSR count). The van der Waals surface area contributed by atoms with Gasteiger partial charge < -0.3 is 24.1 Å². The zero-order valence-corrected chi connectivity index (χ0v) is 15.6. The Bertz CT molecular complexity index is 904. The molecule has 6 heteroatoms. The predicted octanol–water partition coefficient (Wildman–Crippen LogP) is 2.97. The number of methoxy groups -OCH3 is 3. The summed E-state index contributed by atoms with van der Waals surface area (Å²) in [6, 6.07) is 7.41. The highest BCUT2D eigenvalue weighted by molar-refractivity contribution is 5.80. The Morgan fingerprint density at radius 2 is 1.48 bits per heavy atom. The molecule has 1 heterocycles. The van der Waals surface area contributed by atoms with Gasteiger partial charge in [0.05, 0.1) is 33.9 Å². The molecule has 0 bridgehead atoms. The van der Waals surface area contributed by atoms with Gasteiger partial charge in [-0.3, -0.25) is 4.79 Å². The van der Waals surface area contributed by atoms with E-state index in [1.807, 2.05) is 18.2 Å². The van der Waals surface area contributed by atoms with E-state index in [9.17, 15) is 9.90 Å². The number of rotatable bonds is 3. The molecule has 2 aliphatic rings. The van der Waals surface area contributed by atoms with Crippen LogP contribution >= 0.6 is 0 Å². The third-order valence-electron chi connectivity index (χ3n) is 5.54. The zero-order chi connectivity index (χ0) is 19.1. The average Bonchev–Trinajstić information content (AvgIpc) is 3.00. The number of carbonyl (C=O) groups excluding carboxylic acids is 1. The van der Waals surface area contributed by atoms with Gasteiger partial charge in [-0.25, -0.2) is 0 Å². The molecule has 1 fully saturated rings. The third-order valence-corrected chi connectivity index (χ3v) is 5.54. The summed E-state index contributed by atoms with van der Waals surface area (Å²) in [6.07, 6.45) is 1.22. The first-order valence-electron chi connectivity index (χ1n) is 8.87. The minimum Gasteiger partial charge on any atom is -0.504 e. The van der Waals surface area contributed by atoms with Gasteiger partial charge in [0.15, 0.2) is 23.0 Å². The Kier molecular flexibility index (Phi) is 4.34. The molecule has 0 saturated carbocycles. The van der Waals surface area contributed by atoms with Crippen molar-refractivity contribution in [2.24, 2.45) is 11.8 Å². The van der Waals surface area contributed by atoms with Crippen molar-refractivity contribution in [3.63, 3.8) is 0 Å². The number of carbonyl (C=O) groups is 1. The summed E-state index contributed by atoms with van der Waals surface area (Å²) in [5, 5.41) is 10.3. The summed E-state index contributed by atoms with van der Waals surface area (Å²) in [7, 11) is 4.72. The lowest BCUT2D eigenvalue weighted by Gasteiger charge is -2.25. The van der Waals surface area contributed by atoms with Crippen molar-refractivity contribution in [3.05, 3.63) is 35.4 Å². The first-order chi connectivity index (χ1) is 13.0. The quantitative estimate of drug-likeness (QED) is 0.838. The van der Waals surface area contributed by atoms with Crippen LogP contribution in [0.3, 0.4) is 0 Å². The summed E-state index contributed by atoms with van der Waals surface area (Å²) < 4.78 is 21.6. The average molecular weight is 370 g/mol. The van der Waals surface area contributed by atoms with Crippen LogP contribution in [-0.4, -0.2) is 39.0 Å². The normalized spacial score (nSPS) is 20.5. The molecule has 2 atom stereocenters. The van der Waals surface area contributed by atoms with Crippen molar-refractivity contribution in [2.75, 3.05) is 27.9 Å². The van der Waals surface area contributed by atoms with Crippen LogP contribution in [0.5, 0.6) is 23.0 Å². The maximum Gasteiger partial charge on any atom is 0.309 e. The number of ether oxygens (including phenoxy) is 4. The van der Waals surface area contributed by atoms with Crippen LogP contribution in [0.2, 0.25) is 0 Å². The second kappa shape index (κ2) is 6.68. The summed E-state index contributed by atoms with van der Waals surface area (Å²) in [5.74, 6) is 1.41. The van der Waals surface area contributed by atoms with E-state index in [-0.39, 0.29) is 23.6 Å². The van der Waals surface area contributed by atoms with Crippen LogP contribution in [0.25, 0.3) is 11.1 Å². The number of aromatic hydroxyl groups is 1. The number of esters is 1. The SMILES string of the molecule is COc1cc2c(cc1O)C[C@@H]1C(=O)OC[C@H]1Cc1cc(OC)c(OC)cc1-2. The van der Waals surface area contributed by atoms with Gasteiger partial charge in [0.25, 0.3) is 0 Å². The summed E-state index contributed by atoms with van der Waals surface area (Å²) in [4.78, 5) is 12.3. The second-order valence-electron chi connectivity index (χ2n) is 6.95. The molecule has 2 aromatic carbocycles. The van der Waals surface area contributed by atoms with Crippen LogP contribution in [0.1, 0.15) is 11.1 Å². The minimum atomic E-state index is -0.224. The Hall–Kier alpha value is -2.89. The highest BCUT2D eigenvalue weighted by Gasteiger charge is 2.39. The van der Waals surface area contributed by atoms with Gasteiger partial charge >= 0.3 is 5.97 Å². The van der Waals surface area contributed by atoms with Crippen LogP contribution in [0.4, 0.5) is 0 Å². The van der Waals surface area contributed by atoms with Gasteiger partial charge in [0.1, 0.15) is 0 Å². The fraction of sp³-hybridized carbons (Fsp3) is 0.381. The molecule has 0 radical (unpaired) electrons. The Labute approximate surface area is 157 Å².